The third kappa shape index (κ3) is 1.46. The fourth-order valence-electron chi connectivity index (χ4n) is 0.980. The van der Waals surface area contributed by atoms with E-state index in [0.29, 0.717) is 23.5 Å². The number of hydrogen-bond acceptors (Lipinski definition) is 4. The SMILES string of the molecule is O=Cc1ccc(-c2cnccn2)o1. The van der Waals surface area contributed by atoms with Crippen LogP contribution in [-0.2, 0) is 0 Å². The lowest BCUT2D eigenvalue weighted by Gasteiger charge is -1.91. The number of aromatic nitrogens is 2. The van der Waals surface area contributed by atoms with E-state index < -0.39 is 0 Å². The molecule has 0 fully saturated rings. The topological polar surface area (TPSA) is 56.0 Å². The zero-order chi connectivity index (χ0) is 9.10. The summed E-state index contributed by atoms with van der Waals surface area (Å²) in [7, 11) is 0. The van der Waals surface area contributed by atoms with E-state index in [1.807, 2.05) is 0 Å². The number of rotatable bonds is 2. The van der Waals surface area contributed by atoms with Gasteiger partial charge in [-0.15, -0.1) is 0 Å². The lowest BCUT2D eigenvalue weighted by Crippen LogP contribution is -1.80. The average molecular weight is 174 g/mol. The number of furan rings is 1. The Morgan fingerprint density at radius 3 is 2.85 bits per heavy atom. The monoisotopic (exact) mass is 174 g/mol. The van der Waals surface area contributed by atoms with Gasteiger partial charge in [0.15, 0.2) is 17.8 Å². The zero-order valence-corrected chi connectivity index (χ0v) is 6.68. The normalized spacial score (nSPS) is 9.85. The second kappa shape index (κ2) is 3.18. The summed E-state index contributed by atoms with van der Waals surface area (Å²) in [5, 5.41) is 0. The number of nitrogens with zero attached hydrogens (tertiary/aromatic N) is 2. The van der Waals surface area contributed by atoms with E-state index in [9.17, 15) is 4.79 Å². The van der Waals surface area contributed by atoms with Gasteiger partial charge in [0.25, 0.3) is 0 Å². The fourth-order valence-corrected chi connectivity index (χ4v) is 0.980. The second-order valence-corrected chi connectivity index (χ2v) is 2.41. The number of aldehydes is 1. The Morgan fingerprint density at radius 2 is 2.23 bits per heavy atom. The molecule has 0 aliphatic heterocycles. The van der Waals surface area contributed by atoms with Gasteiger partial charge in [0, 0.05) is 12.4 Å². The van der Waals surface area contributed by atoms with Gasteiger partial charge in [0.2, 0.25) is 0 Å². The Morgan fingerprint density at radius 1 is 1.31 bits per heavy atom. The summed E-state index contributed by atoms with van der Waals surface area (Å²) in [6.07, 6.45) is 5.37. The van der Waals surface area contributed by atoms with Gasteiger partial charge in [-0.05, 0) is 12.1 Å². The lowest BCUT2D eigenvalue weighted by molar-refractivity contribution is 0.110. The molecule has 0 aliphatic rings. The Labute approximate surface area is 74.2 Å². The summed E-state index contributed by atoms with van der Waals surface area (Å²) in [5.41, 5.74) is 0.621. The highest BCUT2D eigenvalue weighted by Gasteiger charge is 2.03. The van der Waals surface area contributed by atoms with Gasteiger partial charge in [0.05, 0.1) is 6.20 Å². The van der Waals surface area contributed by atoms with Crippen LogP contribution in [0.3, 0.4) is 0 Å². The first-order chi connectivity index (χ1) is 6.40. The molecule has 0 spiro atoms. The molecule has 0 amide bonds. The first-order valence-corrected chi connectivity index (χ1v) is 3.71. The van der Waals surface area contributed by atoms with Crippen molar-refractivity contribution in [2.75, 3.05) is 0 Å². The second-order valence-electron chi connectivity index (χ2n) is 2.41. The molecule has 0 saturated carbocycles. The smallest absolute Gasteiger partial charge is 0.185 e. The standard InChI is InChI=1S/C9H6N2O2/c12-6-7-1-2-9(13-7)8-5-10-3-4-11-8/h1-6H. The molecule has 0 radical (unpaired) electrons. The molecule has 0 unspecified atom stereocenters. The quantitative estimate of drug-likeness (QED) is 0.648. The lowest BCUT2D eigenvalue weighted by atomic mass is 10.3. The van der Waals surface area contributed by atoms with E-state index in [4.69, 9.17) is 4.42 Å². The summed E-state index contributed by atoms with van der Waals surface area (Å²) in [6, 6.07) is 3.28. The van der Waals surface area contributed by atoms with Crippen LogP contribution in [0.1, 0.15) is 10.6 Å². The van der Waals surface area contributed by atoms with Crippen molar-refractivity contribution in [3.8, 4) is 11.5 Å². The minimum Gasteiger partial charge on any atom is -0.452 e. The van der Waals surface area contributed by atoms with Crippen LogP contribution in [0, 0.1) is 0 Å². The van der Waals surface area contributed by atoms with Crippen molar-refractivity contribution in [2.45, 2.75) is 0 Å². The van der Waals surface area contributed by atoms with E-state index in [2.05, 4.69) is 9.97 Å². The molecule has 0 saturated heterocycles. The maximum atomic E-state index is 10.3. The third-order valence-corrected chi connectivity index (χ3v) is 1.56. The van der Waals surface area contributed by atoms with Crippen LogP contribution in [0.5, 0.6) is 0 Å². The van der Waals surface area contributed by atoms with Gasteiger partial charge >= 0.3 is 0 Å². The van der Waals surface area contributed by atoms with Gasteiger partial charge in [-0.2, -0.15) is 0 Å². The Kier molecular flexibility index (Phi) is 1.88. The number of carbonyl (C=O) groups is 1. The summed E-state index contributed by atoms with van der Waals surface area (Å²) in [6.45, 7) is 0. The third-order valence-electron chi connectivity index (χ3n) is 1.56. The van der Waals surface area contributed by atoms with Crippen molar-refractivity contribution in [3.05, 3.63) is 36.5 Å². The summed E-state index contributed by atoms with van der Waals surface area (Å²) < 4.78 is 5.15. The Hall–Kier alpha value is -1.97. The predicted molar refractivity (Wildman–Crippen MR) is 45.1 cm³/mol. The first-order valence-electron chi connectivity index (χ1n) is 3.71. The van der Waals surface area contributed by atoms with E-state index >= 15 is 0 Å². The molecular formula is C9H6N2O2. The average Bonchev–Trinajstić information content (AvgIpc) is 2.67. The van der Waals surface area contributed by atoms with Crippen LogP contribution < -0.4 is 0 Å². The zero-order valence-electron chi connectivity index (χ0n) is 6.68. The predicted octanol–water partition coefficient (Wildman–Crippen LogP) is 1.55. The van der Waals surface area contributed by atoms with Gasteiger partial charge < -0.3 is 4.42 Å². The number of carbonyl (C=O) groups excluding carboxylic acids is 1. The van der Waals surface area contributed by atoms with Crippen molar-refractivity contribution in [3.63, 3.8) is 0 Å². The largest absolute Gasteiger partial charge is 0.452 e. The highest BCUT2D eigenvalue weighted by Crippen LogP contribution is 2.17. The fraction of sp³-hybridized carbons (Fsp3) is 0. The van der Waals surface area contributed by atoms with Gasteiger partial charge in [-0.1, -0.05) is 0 Å². The van der Waals surface area contributed by atoms with Crippen LogP contribution in [-0.4, -0.2) is 16.3 Å². The molecule has 13 heavy (non-hydrogen) atoms. The van der Waals surface area contributed by atoms with Crippen LogP contribution in [0.25, 0.3) is 11.5 Å². The molecular weight excluding hydrogens is 168 g/mol. The van der Waals surface area contributed by atoms with Crippen LogP contribution in [0.2, 0.25) is 0 Å². The molecule has 2 aromatic rings. The van der Waals surface area contributed by atoms with Crippen molar-refractivity contribution >= 4 is 6.29 Å². The van der Waals surface area contributed by atoms with E-state index in [1.54, 1.807) is 30.7 Å². The molecule has 0 N–H and O–H groups in total. The molecule has 4 nitrogen and oxygen atoms in total. The molecule has 0 bridgehead atoms. The van der Waals surface area contributed by atoms with E-state index in [1.165, 1.54) is 0 Å². The maximum absolute atomic E-state index is 10.3. The highest BCUT2D eigenvalue weighted by molar-refractivity contribution is 5.72. The molecule has 0 aromatic carbocycles. The highest BCUT2D eigenvalue weighted by atomic mass is 16.3. The van der Waals surface area contributed by atoms with Crippen LogP contribution >= 0.6 is 0 Å². The molecule has 64 valence electrons. The van der Waals surface area contributed by atoms with Gasteiger partial charge in [0.1, 0.15) is 5.69 Å². The Bertz CT molecular complexity index is 409. The van der Waals surface area contributed by atoms with Crippen LogP contribution in [0.15, 0.2) is 35.1 Å². The molecule has 2 heterocycles. The van der Waals surface area contributed by atoms with Crippen molar-refractivity contribution in [2.24, 2.45) is 0 Å². The number of hydrogen-bond donors (Lipinski definition) is 0. The summed E-state index contributed by atoms with van der Waals surface area (Å²) in [5.74, 6) is 0.843. The molecule has 0 aliphatic carbocycles. The van der Waals surface area contributed by atoms with Crippen molar-refractivity contribution < 1.29 is 9.21 Å². The van der Waals surface area contributed by atoms with Gasteiger partial charge in [-0.3, -0.25) is 9.78 Å². The minimum atomic E-state index is 0.292. The molecule has 2 rings (SSSR count). The maximum Gasteiger partial charge on any atom is 0.185 e. The van der Waals surface area contributed by atoms with Crippen molar-refractivity contribution in [1.29, 1.82) is 0 Å². The minimum absolute atomic E-state index is 0.292. The van der Waals surface area contributed by atoms with Crippen LogP contribution in [0.4, 0.5) is 0 Å². The summed E-state index contributed by atoms with van der Waals surface area (Å²) >= 11 is 0. The molecule has 0 atom stereocenters. The molecule has 4 heteroatoms. The van der Waals surface area contributed by atoms with E-state index in [0.717, 1.165) is 0 Å². The van der Waals surface area contributed by atoms with Gasteiger partial charge in [-0.25, -0.2) is 4.98 Å². The van der Waals surface area contributed by atoms with E-state index in [-0.39, 0.29) is 0 Å². The molecule has 2 aromatic heterocycles. The first kappa shape index (κ1) is 7.67. The van der Waals surface area contributed by atoms with Crippen molar-refractivity contribution in [1.82, 2.24) is 9.97 Å². The summed E-state index contributed by atoms with van der Waals surface area (Å²) in [4.78, 5) is 18.2. The Balaban J connectivity index is 2.41.